The van der Waals surface area contributed by atoms with Crippen LogP contribution in [-0.2, 0) is 32.2 Å². The van der Waals surface area contributed by atoms with E-state index in [0.29, 0.717) is 56.6 Å². The molecule has 0 saturated carbocycles. The largest absolute Gasteiger partial charge is 0.397 e. The number of amides is 2. The van der Waals surface area contributed by atoms with E-state index in [4.69, 9.17) is 15.2 Å². The van der Waals surface area contributed by atoms with E-state index in [-0.39, 0.29) is 36.7 Å². The van der Waals surface area contributed by atoms with Crippen LogP contribution < -0.4 is 16.4 Å². The van der Waals surface area contributed by atoms with Gasteiger partial charge in [-0.2, -0.15) is 0 Å². The summed E-state index contributed by atoms with van der Waals surface area (Å²) in [5.41, 5.74) is 13.6. The first-order chi connectivity index (χ1) is 27.7. The Balaban J connectivity index is 1.07. The number of unbranched alkanes of at least 4 members (excludes halogenated alkanes) is 1. The number of hydrogen-bond acceptors (Lipinski definition) is 8. The number of carbonyl (C=O) groups is 2. The zero-order valence-corrected chi connectivity index (χ0v) is 32.7. The maximum absolute atomic E-state index is 12.8. The zero-order valence-electron chi connectivity index (χ0n) is 32.7. The van der Waals surface area contributed by atoms with Crippen molar-refractivity contribution in [2.75, 3.05) is 24.6 Å². The van der Waals surface area contributed by atoms with Gasteiger partial charge in [-0.05, 0) is 72.3 Å². The number of nitrogen functional groups attached to an aromatic ring is 1. The first-order valence-corrected chi connectivity index (χ1v) is 19.7. The summed E-state index contributed by atoms with van der Waals surface area (Å²) in [4.78, 5) is 27.2. The summed E-state index contributed by atoms with van der Waals surface area (Å²) < 4.78 is 13.2. The average molecular weight is 771 g/mol. The molecule has 0 unspecified atom stereocenters. The van der Waals surface area contributed by atoms with Crippen LogP contribution in [0.4, 0.5) is 11.4 Å². The Morgan fingerprint density at radius 3 is 2.18 bits per heavy atom. The Kier molecular flexibility index (Phi) is 14.6. The molecule has 6 rings (SSSR count). The summed E-state index contributed by atoms with van der Waals surface area (Å²) >= 11 is 0. The van der Waals surface area contributed by atoms with E-state index in [2.05, 4.69) is 27.7 Å². The lowest BCUT2D eigenvalue weighted by molar-refractivity contribution is -0.253. The lowest BCUT2D eigenvalue weighted by Gasteiger charge is -2.39. The number of aliphatic hydroxyl groups excluding tert-OH is 2. The molecule has 6 N–H and O–H groups in total. The van der Waals surface area contributed by atoms with E-state index in [1.54, 1.807) is 12.1 Å². The molecule has 0 radical (unpaired) electrons. The molecule has 298 valence electrons. The number of hydrogen-bond donors (Lipinski definition) is 5. The van der Waals surface area contributed by atoms with Gasteiger partial charge in [-0.25, -0.2) is 0 Å². The zero-order chi connectivity index (χ0) is 40.1. The van der Waals surface area contributed by atoms with Crippen LogP contribution in [0.1, 0.15) is 85.3 Å². The second kappa shape index (κ2) is 20.2. The van der Waals surface area contributed by atoms with Crippen LogP contribution >= 0.6 is 0 Å². The van der Waals surface area contributed by atoms with Gasteiger partial charge in [-0.1, -0.05) is 115 Å². The first kappa shape index (κ1) is 41.3. The molecule has 0 aliphatic carbocycles. The van der Waals surface area contributed by atoms with Gasteiger partial charge >= 0.3 is 0 Å². The number of nitrogens with one attached hydrogen (secondary N) is 2. The lowest BCUT2D eigenvalue weighted by Crippen LogP contribution is -2.43. The number of benzene rings is 5. The number of para-hydroxylation sites is 2. The summed E-state index contributed by atoms with van der Waals surface area (Å²) in [6.45, 7) is 2.97. The van der Waals surface area contributed by atoms with Gasteiger partial charge in [0.2, 0.25) is 11.8 Å². The molecule has 0 bridgehead atoms. The number of aliphatic hydroxyl groups is 2. The highest BCUT2D eigenvalue weighted by Crippen LogP contribution is 2.39. The van der Waals surface area contributed by atoms with Gasteiger partial charge in [0, 0.05) is 44.0 Å². The van der Waals surface area contributed by atoms with Crippen molar-refractivity contribution in [1.82, 2.24) is 10.2 Å². The van der Waals surface area contributed by atoms with E-state index in [1.165, 1.54) is 0 Å². The molecule has 0 aromatic heterocycles. The van der Waals surface area contributed by atoms with Crippen LogP contribution in [-0.4, -0.2) is 52.7 Å². The molecule has 5 aromatic rings. The van der Waals surface area contributed by atoms with Gasteiger partial charge < -0.3 is 36.1 Å². The lowest BCUT2D eigenvalue weighted by atomic mass is 9.97. The Labute approximate surface area is 335 Å². The van der Waals surface area contributed by atoms with Crippen LogP contribution in [0.25, 0.3) is 11.1 Å². The van der Waals surface area contributed by atoms with Gasteiger partial charge in [0.15, 0.2) is 6.29 Å². The summed E-state index contributed by atoms with van der Waals surface area (Å²) in [7, 11) is 2.01. The summed E-state index contributed by atoms with van der Waals surface area (Å²) in [5, 5.41) is 26.6. The summed E-state index contributed by atoms with van der Waals surface area (Å²) in [6.07, 6.45) is 0.760. The molecule has 1 heterocycles. The van der Waals surface area contributed by atoms with Crippen molar-refractivity contribution in [2.24, 2.45) is 0 Å². The summed E-state index contributed by atoms with van der Waals surface area (Å²) in [5.74, 6) is -0.190. The van der Waals surface area contributed by atoms with Crippen molar-refractivity contribution in [1.29, 1.82) is 0 Å². The Morgan fingerprint density at radius 2 is 1.46 bits per heavy atom. The third-order valence-corrected chi connectivity index (χ3v) is 10.7. The van der Waals surface area contributed by atoms with E-state index >= 15 is 0 Å². The van der Waals surface area contributed by atoms with Crippen molar-refractivity contribution in [3.63, 3.8) is 0 Å². The Bertz CT molecular complexity index is 2040. The molecule has 0 spiro atoms. The standard InChI is InChI=1S/C47H54N4O6/c1-32(46(55)36-12-4-3-5-13-36)51(2)30-39-28-43(35-22-20-33(31-52)21-23-35)57-47(56-39)37-26-24-34(25-27-37)40-15-7-6-14-38(40)29-49-44(53)18-10-11-19-45(54)50-42-17-9-8-16-41(42)48/h3-9,12-17,20-27,32,39,43,46-47,52,55H,10-11,18-19,28-31,48H2,1-2H3,(H,49,53)(H,50,54)/t32-,39-,43+,46-,47+/m1/s1. The van der Waals surface area contributed by atoms with Crippen LogP contribution in [0, 0.1) is 0 Å². The third-order valence-electron chi connectivity index (χ3n) is 10.7. The van der Waals surface area contributed by atoms with Crippen molar-refractivity contribution in [3.8, 4) is 11.1 Å². The minimum Gasteiger partial charge on any atom is -0.397 e. The predicted octanol–water partition coefficient (Wildman–Crippen LogP) is 7.84. The highest BCUT2D eigenvalue weighted by Gasteiger charge is 2.34. The molecular weight excluding hydrogens is 717 g/mol. The molecule has 57 heavy (non-hydrogen) atoms. The normalized spacial score (nSPS) is 17.8. The Morgan fingerprint density at radius 1 is 0.807 bits per heavy atom. The number of rotatable bonds is 17. The molecule has 5 atom stereocenters. The number of ether oxygens (including phenoxy) is 2. The van der Waals surface area contributed by atoms with Gasteiger partial charge in [0.25, 0.3) is 0 Å². The van der Waals surface area contributed by atoms with Gasteiger partial charge in [-0.15, -0.1) is 0 Å². The monoisotopic (exact) mass is 770 g/mol. The van der Waals surface area contributed by atoms with E-state index < -0.39 is 12.4 Å². The van der Waals surface area contributed by atoms with Crippen LogP contribution in [0.3, 0.4) is 0 Å². The van der Waals surface area contributed by atoms with Gasteiger partial charge in [0.05, 0.1) is 36.3 Å². The van der Waals surface area contributed by atoms with Crippen LogP contribution in [0.2, 0.25) is 0 Å². The fourth-order valence-corrected chi connectivity index (χ4v) is 7.14. The van der Waals surface area contributed by atoms with E-state index in [0.717, 1.165) is 38.9 Å². The van der Waals surface area contributed by atoms with E-state index in [1.807, 2.05) is 117 Å². The number of nitrogens with zero attached hydrogens (tertiary/aromatic N) is 1. The third kappa shape index (κ3) is 11.4. The predicted molar refractivity (Wildman–Crippen MR) is 224 cm³/mol. The van der Waals surface area contributed by atoms with Crippen molar-refractivity contribution in [2.45, 2.75) is 82.8 Å². The number of anilines is 2. The molecule has 1 aliphatic heterocycles. The fourth-order valence-electron chi connectivity index (χ4n) is 7.14. The molecule has 1 fully saturated rings. The molecule has 1 aliphatic rings. The number of carbonyl (C=O) groups excluding carboxylic acids is 2. The molecule has 2 amide bonds. The highest BCUT2D eigenvalue weighted by atomic mass is 16.7. The minimum atomic E-state index is -0.650. The molecule has 10 heteroatoms. The second-order valence-corrected chi connectivity index (χ2v) is 14.8. The molecule has 1 saturated heterocycles. The summed E-state index contributed by atoms with van der Waals surface area (Å²) in [6, 6.07) is 40.7. The van der Waals surface area contributed by atoms with Gasteiger partial charge in [0.1, 0.15) is 0 Å². The SMILES string of the molecule is C[C@H]([C@@H](O)c1ccccc1)N(C)C[C@H]1C[C@@H](c2ccc(CO)cc2)O[C@@H](c2ccc(-c3ccccc3CNC(=O)CCCCC(=O)Nc3ccccc3N)cc2)O1. The number of likely N-dealkylation sites (N-methyl/N-ethyl adjacent to an activating group) is 1. The smallest absolute Gasteiger partial charge is 0.224 e. The molecule has 10 nitrogen and oxygen atoms in total. The van der Waals surface area contributed by atoms with Gasteiger partial charge in [-0.3, -0.25) is 14.5 Å². The Hall–Kier alpha value is -5.36. The molecular formula is C47H54N4O6. The van der Waals surface area contributed by atoms with Crippen LogP contribution in [0.5, 0.6) is 0 Å². The quantitative estimate of drug-likeness (QED) is 0.0475. The first-order valence-electron chi connectivity index (χ1n) is 19.7. The van der Waals surface area contributed by atoms with Crippen molar-refractivity contribution in [3.05, 3.63) is 155 Å². The van der Waals surface area contributed by atoms with E-state index in [9.17, 15) is 19.8 Å². The maximum Gasteiger partial charge on any atom is 0.224 e. The van der Waals surface area contributed by atoms with Crippen molar-refractivity contribution >= 4 is 23.2 Å². The topological polar surface area (TPSA) is 146 Å². The maximum atomic E-state index is 12.8. The molecule has 5 aromatic carbocycles. The highest BCUT2D eigenvalue weighted by molar-refractivity contribution is 5.93. The fraction of sp³-hybridized carbons (Fsp3) is 0.319. The van der Waals surface area contributed by atoms with Crippen molar-refractivity contribution < 1.29 is 29.3 Å². The minimum absolute atomic E-state index is 0.0254. The number of nitrogens with two attached hydrogens (primary N) is 1. The average Bonchev–Trinajstić information content (AvgIpc) is 3.25. The van der Waals surface area contributed by atoms with Crippen LogP contribution in [0.15, 0.2) is 127 Å². The second-order valence-electron chi connectivity index (χ2n) is 14.8.